The van der Waals surface area contributed by atoms with Crippen LogP contribution in [0, 0.1) is 0 Å². The van der Waals surface area contributed by atoms with Gasteiger partial charge in [0.1, 0.15) is 0 Å². The van der Waals surface area contributed by atoms with E-state index in [-0.39, 0.29) is 0 Å². The molecule has 0 bridgehead atoms. The van der Waals surface area contributed by atoms with E-state index in [9.17, 15) is 0 Å². The Morgan fingerprint density at radius 3 is 2.57 bits per heavy atom. The van der Waals surface area contributed by atoms with Crippen molar-refractivity contribution in [3.05, 3.63) is 65.5 Å². The van der Waals surface area contributed by atoms with E-state index in [1.54, 1.807) is 0 Å². The van der Waals surface area contributed by atoms with Crippen LogP contribution in [0.3, 0.4) is 0 Å². The molecule has 0 aliphatic carbocycles. The van der Waals surface area contributed by atoms with Crippen LogP contribution in [0.15, 0.2) is 48.8 Å². The van der Waals surface area contributed by atoms with Crippen molar-refractivity contribution in [3.8, 4) is 0 Å². The maximum absolute atomic E-state index is 5.60. The van der Waals surface area contributed by atoms with Crippen molar-refractivity contribution in [1.82, 2.24) is 9.88 Å². The first-order valence-electron chi connectivity index (χ1n) is 7.07. The number of aromatic nitrogens is 1. The van der Waals surface area contributed by atoms with Gasteiger partial charge in [0.2, 0.25) is 0 Å². The molecule has 2 rings (SSSR count). The van der Waals surface area contributed by atoms with Gasteiger partial charge in [-0.3, -0.25) is 4.98 Å². The number of rotatable bonds is 7. The monoisotopic (exact) mass is 299 g/mol. The van der Waals surface area contributed by atoms with E-state index in [1.807, 2.05) is 12.4 Å². The SMILES string of the molecule is CN(CCc1ccncc1)Cc1cccc(CC(N)=S)c1. The third-order valence-electron chi connectivity index (χ3n) is 3.35. The quantitative estimate of drug-likeness (QED) is 0.798. The first-order valence-corrected chi connectivity index (χ1v) is 7.48. The van der Waals surface area contributed by atoms with Gasteiger partial charge in [-0.2, -0.15) is 0 Å². The Balaban J connectivity index is 1.87. The number of likely N-dealkylation sites (N-methyl/N-ethyl adjacent to an activating group) is 1. The Morgan fingerprint density at radius 1 is 1.14 bits per heavy atom. The molecule has 0 saturated heterocycles. The number of hydrogen-bond acceptors (Lipinski definition) is 3. The Kier molecular flexibility index (Phi) is 5.84. The summed E-state index contributed by atoms with van der Waals surface area (Å²) in [4.78, 5) is 6.90. The van der Waals surface area contributed by atoms with Gasteiger partial charge < -0.3 is 10.6 Å². The Bertz CT molecular complexity index is 584. The molecule has 4 heteroatoms. The molecule has 0 atom stereocenters. The Morgan fingerprint density at radius 2 is 1.86 bits per heavy atom. The fourth-order valence-electron chi connectivity index (χ4n) is 2.30. The zero-order valence-electron chi connectivity index (χ0n) is 12.3. The van der Waals surface area contributed by atoms with Gasteiger partial charge in [-0.05, 0) is 42.3 Å². The maximum atomic E-state index is 5.60. The molecule has 2 aromatic rings. The van der Waals surface area contributed by atoms with Crippen molar-refractivity contribution in [2.45, 2.75) is 19.4 Å². The number of pyridine rings is 1. The summed E-state index contributed by atoms with van der Waals surface area (Å²) in [6.07, 6.45) is 5.39. The predicted molar refractivity (Wildman–Crippen MR) is 91.2 cm³/mol. The fraction of sp³-hybridized carbons (Fsp3) is 0.294. The van der Waals surface area contributed by atoms with Gasteiger partial charge in [0.05, 0.1) is 4.99 Å². The van der Waals surface area contributed by atoms with Gasteiger partial charge in [0.15, 0.2) is 0 Å². The predicted octanol–water partition coefficient (Wildman–Crippen LogP) is 2.58. The van der Waals surface area contributed by atoms with Crippen LogP contribution in [0.1, 0.15) is 16.7 Å². The first-order chi connectivity index (χ1) is 10.1. The minimum Gasteiger partial charge on any atom is -0.393 e. The smallest absolute Gasteiger partial charge is 0.0771 e. The normalized spacial score (nSPS) is 10.8. The fourth-order valence-corrected chi connectivity index (χ4v) is 2.47. The van der Waals surface area contributed by atoms with Crippen molar-refractivity contribution in [1.29, 1.82) is 0 Å². The van der Waals surface area contributed by atoms with Gasteiger partial charge in [0, 0.05) is 31.9 Å². The van der Waals surface area contributed by atoms with Gasteiger partial charge in [0.25, 0.3) is 0 Å². The van der Waals surface area contributed by atoms with Crippen LogP contribution in [-0.4, -0.2) is 28.5 Å². The standard InChI is InChI=1S/C17H21N3S/c1-20(10-7-14-5-8-19-9-6-14)13-16-4-2-3-15(11-16)12-17(18)21/h2-6,8-9,11H,7,10,12-13H2,1H3,(H2,18,21). The average molecular weight is 299 g/mol. The Labute approximate surface area is 131 Å². The van der Waals surface area contributed by atoms with Crippen LogP contribution in [0.2, 0.25) is 0 Å². The highest BCUT2D eigenvalue weighted by molar-refractivity contribution is 7.80. The molecule has 110 valence electrons. The van der Waals surface area contributed by atoms with Crippen molar-refractivity contribution < 1.29 is 0 Å². The molecule has 0 fully saturated rings. The maximum Gasteiger partial charge on any atom is 0.0771 e. The van der Waals surface area contributed by atoms with Gasteiger partial charge in [-0.1, -0.05) is 36.5 Å². The number of nitrogens with zero attached hydrogens (tertiary/aromatic N) is 2. The van der Waals surface area contributed by atoms with E-state index in [4.69, 9.17) is 18.0 Å². The van der Waals surface area contributed by atoms with E-state index in [0.717, 1.165) is 19.5 Å². The molecular formula is C17H21N3S. The van der Waals surface area contributed by atoms with Crippen molar-refractivity contribution in [3.63, 3.8) is 0 Å². The second kappa shape index (κ2) is 7.86. The summed E-state index contributed by atoms with van der Waals surface area (Å²) in [5.41, 5.74) is 9.40. The molecular weight excluding hydrogens is 278 g/mol. The number of benzene rings is 1. The molecule has 1 heterocycles. The molecule has 0 amide bonds. The summed E-state index contributed by atoms with van der Waals surface area (Å²) in [5, 5.41) is 0. The highest BCUT2D eigenvalue weighted by atomic mass is 32.1. The van der Waals surface area contributed by atoms with Gasteiger partial charge >= 0.3 is 0 Å². The summed E-state index contributed by atoms with van der Waals surface area (Å²) in [6.45, 7) is 1.94. The second-order valence-corrected chi connectivity index (χ2v) is 5.83. The van der Waals surface area contributed by atoms with Crippen LogP contribution >= 0.6 is 12.2 Å². The molecule has 0 spiro atoms. The minimum absolute atomic E-state index is 0.540. The summed E-state index contributed by atoms with van der Waals surface area (Å²) >= 11 is 4.97. The lowest BCUT2D eigenvalue weighted by Crippen LogP contribution is -2.21. The molecule has 1 aromatic carbocycles. The summed E-state index contributed by atoms with van der Waals surface area (Å²) in [5.74, 6) is 0. The van der Waals surface area contributed by atoms with E-state index < -0.39 is 0 Å². The molecule has 0 unspecified atom stereocenters. The van der Waals surface area contributed by atoms with Crippen LogP contribution in [0.5, 0.6) is 0 Å². The number of hydrogen-bond donors (Lipinski definition) is 1. The summed E-state index contributed by atoms with van der Waals surface area (Å²) in [7, 11) is 2.14. The average Bonchev–Trinajstić information content (AvgIpc) is 2.46. The van der Waals surface area contributed by atoms with Crippen LogP contribution in [0.4, 0.5) is 0 Å². The van der Waals surface area contributed by atoms with Gasteiger partial charge in [-0.25, -0.2) is 0 Å². The third-order valence-corrected chi connectivity index (χ3v) is 3.50. The lowest BCUT2D eigenvalue weighted by atomic mass is 10.1. The van der Waals surface area contributed by atoms with Crippen molar-refractivity contribution in [2.75, 3.05) is 13.6 Å². The number of nitrogens with two attached hydrogens (primary N) is 1. The van der Waals surface area contributed by atoms with Crippen molar-refractivity contribution in [2.24, 2.45) is 5.73 Å². The lowest BCUT2D eigenvalue weighted by Gasteiger charge is -2.17. The highest BCUT2D eigenvalue weighted by Gasteiger charge is 2.03. The van der Waals surface area contributed by atoms with Crippen LogP contribution in [-0.2, 0) is 19.4 Å². The molecule has 3 nitrogen and oxygen atoms in total. The largest absolute Gasteiger partial charge is 0.393 e. The molecule has 2 N–H and O–H groups in total. The van der Waals surface area contributed by atoms with Crippen LogP contribution in [0.25, 0.3) is 0 Å². The molecule has 21 heavy (non-hydrogen) atoms. The first kappa shape index (κ1) is 15.6. The molecule has 0 aliphatic rings. The van der Waals surface area contributed by atoms with Crippen LogP contribution < -0.4 is 5.73 Å². The third kappa shape index (κ3) is 5.61. The summed E-state index contributed by atoms with van der Waals surface area (Å²) in [6, 6.07) is 12.6. The van der Waals surface area contributed by atoms with Gasteiger partial charge in [-0.15, -0.1) is 0 Å². The molecule has 1 aromatic heterocycles. The number of thiocarbonyl (C=S) groups is 1. The van der Waals surface area contributed by atoms with E-state index in [1.165, 1.54) is 16.7 Å². The molecule has 0 radical (unpaired) electrons. The lowest BCUT2D eigenvalue weighted by molar-refractivity contribution is 0.331. The summed E-state index contributed by atoms with van der Waals surface area (Å²) < 4.78 is 0. The minimum atomic E-state index is 0.540. The molecule has 0 aliphatic heterocycles. The van der Waals surface area contributed by atoms with E-state index in [2.05, 4.69) is 53.3 Å². The topological polar surface area (TPSA) is 42.2 Å². The van der Waals surface area contributed by atoms with Crippen molar-refractivity contribution >= 4 is 17.2 Å². The molecule has 0 saturated carbocycles. The Hall–Kier alpha value is -1.78. The zero-order chi connectivity index (χ0) is 15.1. The zero-order valence-corrected chi connectivity index (χ0v) is 13.1. The highest BCUT2D eigenvalue weighted by Crippen LogP contribution is 2.09. The van der Waals surface area contributed by atoms with E-state index >= 15 is 0 Å². The van der Waals surface area contributed by atoms with E-state index in [0.29, 0.717) is 11.4 Å². The second-order valence-electron chi connectivity index (χ2n) is 5.31.